The zero-order valence-corrected chi connectivity index (χ0v) is 30.9. The van der Waals surface area contributed by atoms with E-state index in [0.29, 0.717) is 17.5 Å². The van der Waals surface area contributed by atoms with E-state index in [1.807, 2.05) is 36.4 Å². The second-order valence-corrected chi connectivity index (χ2v) is 14.4. The van der Waals surface area contributed by atoms with Gasteiger partial charge in [0.1, 0.15) is 0 Å². The molecule has 9 aromatic carbocycles. The molecule has 0 aliphatic rings. The van der Waals surface area contributed by atoms with Crippen LogP contribution in [0.4, 0.5) is 0 Å². The third-order valence-electron chi connectivity index (χ3n) is 11.0. The predicted octanol–water partition coefficient (Wildman–Crippen LogP) is 13.6. The van der Waals surface area contributed by atoms with Crippen molar-refractivity contribution in [2.45, 2.75) is 0 Å². The number of fused-ring (bicyclic) bond motifs is 6. The van der Waals surface area contributed by atoms with Crippen molar-refractivity contribution in [1.29, 1.82) is 0 Å². The van der Waals surface area contributed by atoms with Crippen LogP contribution in [0, 0.1) is 0 Å². The van der Waals surface area contributed by atoms with E-state index in [1.165, 1.54) is 32.3 Å². The van der Waals surface area contributed by atoms with Crippen molar-refractivity contribution in [3.8, 4) is 62.1 Å². The average Bonchev–Trinajstić information content (AvgIpc) is 3.62. The lowest BCUT2D eigenvalue weighted by atomic mass is 9.94. The van der Waals surface area contributed by atoms with Gasteiger partial charge in [-0.05, 0) is 86.3 Å². The molecule has 266 valence electrons. The second kappa shape index (κ2) is 13.6. The molecule has 0 saturated carbocycles. The second-order valence-electron chi connectivity index (χ2n) is 14.4. The third-order valence-corrected chi connectivity index (χ3v) is 11.0. The topological polar surface area (TPSA) is 43.6 Å². The molecule has 2 aromatic heterocycles. The molecule has 4 heteroatoms. The zero-order valence-electron chi connectivity index (χ0n) is 30.9. The Morgan fingerprint density at radius 2 is 0.860 bits per heavy atom. The van der Waals surface area contributed by atoms with Gasteiger partial charge in [0.25, 0.3) is 0 Å². The lowest BCUT2D eigenvalue weighted by Crippen LogP contribution is -2.02. The number of hydrogen-bond acceptors (Lipinski definition) is 3. The van der Waals surface area contributed by atoms with Crippen molar-refractivity contribution in [2.24, 2.45) is 0 Å². The van der Waals surface area contributed by atoms with Gasteiger partial charge in [0.15, 0.2) is 17.5 Å². The fourth-order valence-corrected chi connectivity index (χ4v) is 8.28. The number of hydrogen-bond donors (Lipinski definition) is 0. The Balaban J connectivity index is 1.21. The number of nitrogens with zero attached hydrogens (tertiary/aromatic N) is 4. The summed E-state index contributed by atoms with van der Waals surface area (Å²) in [5, 5.41) is 7.39. The lowest BCUT2D eigenvalue weighted by Gasteiger charge is -2.16. The van der Waals surface area contributed by atoms with Gasteiger partial charge in [-0.1, -0.05) is 164 Å². The largest absolute Gasteiger partial charge is 0.309 e. The third kappa shape index (κ3) is 5.74. The van der Waals surface area contributed by atoms with Crippen LogP contribution in [-0.2, 0) is 0 Å². The molecule has 0 spiro atoms. The predicted molar refractivity (Wildman–Crippen MR) is 236 cm³/mol. The molecular formula is C53H34N4. The highest BCUT2D eigenvalue weighted by atomic mass is 15.0. The Labute approximate surface area is 330 Å². The van der Waals surface area contributed by atoms with Crippen LogP contribution in [0.1, 0.15) is 0 Å². The van der Waals surface area contributed by atoms with Gasteiger partial charge in [0.05, 0.1) is 11.0 Å². The molecule has 11 rings (SSSR count). The van der Waals surface area contributed by atoms with Gasteiger partial charge in [-0.25, -0.2) is 15.0 Å². The molecule has 0 radical (unpaired) electrons. The van der Waals surface area contributed by atoms with E-state index in [1.54, 1.807) is 0 Å². The fraction of sp³-hybridized carbons (Fsp3) is 0. The first-order chi connectivity index (χ1) is 28.2. The Morgan fingerprint density at radius 1 is 0.298 bits per heavy atom. The number of benzene rings is 9. The first-order valence-corrected chi connectivity index (χ1v) is 19.3. The summed E-state index contributed by atoms with van der Waals surface area (Å²) in [5.74, 6) is 1.89. The molecule has 0 N–H and O–H groups in total. The van der Waals surface area contributed by atoms with Crippen LogP contribution in [0.25, 0.3) is 105 Å². The van der Waals surface area contributed by atoms with Crippen molar-refractivity contribution < 1.29 is 0 Å². The minimum atomic E-state index is 0.619. The van der Waals surface area contributed by atoms with E-state index >= 15 is 0 Å². The summed E-state index contributed by atoms with van der Waals surface area (Å²) in [6.45, 7) is 0. The lowest BCUT2D eigenvalue weighted by molar-refractivity contribution is 1.07. The summed E-state index contributed by atoms with van der Waals surface area (Å²) in [6, 6.07) is 73.0. The van der Waals surface area contributed by atoms with Crippen LogP contribution in [0.3, 0.4) is 0 Å². The normalized spacial score (nSPS) is 11.5. The van der Waals surface area contributed by atoms with E-state index in [2.05, 4.69) is 174 Å². The highest BCUT2D eigenvalue weighted by Gasteiger charge is 2.20. The van der Waals surface area contributed by atoms with E-state index in [-0.39, 0.29) is 0 Å². The Morgan fingerprint density at radius 3 is 1.56 bits per heavy atom. The van der Waals surface area contributed by atoms with E-state index in [0.717, 1.165) is 55.7 Å². The Bertz CT molecular complexity index is 3220. The summed E-state index contributed by atoms with van der Waals surface area (Å²) in [4.78, 5) is 15.4. The summed E-state index contributed by atoms with van der Waals surface area (Å²) >= 11 is 0. The summed E-state index contributed by atoms with van der Waals surface area (Å²) in [6.07, 6.45) is 0. The molecule has 0 unspecified atom stereocenters. The first kappa shape index (κ1) is 32.7. The fourth-order valence-electron chi connectivity index (χ4n) is 8.28. The van der Waals surface area contributed by atoms with Crippen LogP contribution in [0.5, 0.6) is 0 Å². The molecule has 0 bridgehead atoms. The van der Waals surface area contributed by atoms with Crippen LogP contribution in [0.2, 0.25) is 0 Å². The smallest absolute Gasteiger partial charge is 0.164 e. The van der Waals surface area contributed by atoms with Crippen LogP contribution < -0.4 is 0 Å². The molecular weight excluding hydrogens is 693 g/mol. The van der Waals surface area contributed by atoms with E-state index in [4.69, 9.17) is 15.0 Å². The first-order valence-electron chi connectivity index (χ1n) is 19.3. The minimum Gasteiger partial charge on any atom is -0.309 e. The summed E-state index contributed by atoms with van der Waals surface area (Å²) in [7, 11) is 0. The molecule has 0 saturated heterocycles. The maximum atomic E-state index is 5.20. The SMILES string of the molecule is c1ccc(-c2cccc(-c3cc(-n4c5cc6ccccc6cc5c5c6ccccc6ccc54)ccc3-c3nc(-c4ccccc4)nc(-c4ccccc4)n3)c2)cc1. The molecule has 4 nitrogen and oxygen atoms in total. The molecule has 0 atom stereocenters. The van der Waals surface area contributed by atoms with Crippen LogP contribution in [0.15, 0.2) is 206 Å². The quantitative estimate of drug-likeness (QED) is 0.171. The van der Waals surface area contributed by atoms with Gasteiger partial charge < -0.3 is 4.57 Å². The molecule has 2 heterocycles. The van der Waals surface area contributed by atoms with Crippen molar-refractivity contribution in [3.63, 3.8) is 0 Å². The monoisotopic (exact) mass is 726 g/mol. The van der Waals surface area contributed by atoms with Crippen molar-refractivity contribution >= 4 is 43.4 Å². The maximum absolute atomic E-state index is 5.20. The molecule has 0 aliphatic carbocycles. The summed E-state index contributed by atoms with van der Waals surface area (Å²) in [5.41, 5.74) is 10.6. The highest BCUT2D eigenvalue weighted by Crippen LogP contribution is 2.41. The average molecular weight is 727 g/mol. The number of rotatable bonds is 6. The van der Waals surface area contributed by atoms with Crippen LogP contribution >= 0.6 is 0 Å². The van der Waals surface area contributed by atoms with E-state index < -0.39 is 0 Å². The standard InChI is InChI=1S/C53H34N4/c1-4-15-35(16-5-1)39-24-14-25-42(31-39)46-34-43(28-29-45(46)53-55-51(37-18-6-2-7-19-37)54-52(56-53)38-20-8-3-9-21-38)57-48-30-27-36-17-12-13-26-44(36)50(48)47-32-40-22-10-11-23-41(40)33-49(47)57/h1-34H. The van der Waals surface area contributed by atoms with Gasteiger partial charge in [-0.2, -0.15) is 0 Å². The maximum Gasteiger partial charge on any atom is 0.164 e. The van der Waals surface area contributed by atoms with Crippen LogP contribution in [-0.4, -0.2) is 19.5 Å². The van der Waals surface area contributed by atoms with Crippen molar-refractivity contribution in [1.82, 2.24) is 19.5 Å². The van der Waals surface area contributed by atoms with Crippen molar-refractivity contribution in [2.75, 3.05) is 0 Å². The minimum absolute atomic E-state index is 0.619. The molecule has 0 amide bonds. The Hall–Kier alpha value is -7.69. The van der Waals surface area contributed by atoms with Gasteiger partial charge in [0.2, 0.25) is 0 Å². The summed E-state index contributed by atoms with van der Waals surface area (Å²) < 4.78 is 2.43. The van der Waals surface area contributed by atoms with E-state index in [9.17, 15) is 0 Å². The molecule has 0 aliphatic heterocycles. The Kier molecular flexibility index (Phi) is 7.78. The number of aromatic nitrogens is 4. The zero-order chi connectivity index (χ0) is 37.7. The molecule has 57 heavy (non-hydrogen) atoms. The molecule has 0 fully saturated rings. The van der Waals surface area contributed by atoms with Gasteiger partial charge >= 0.3 is 0 Å². The molecule has 11 aromatic rings. The van der Waals surface area contributed by atoms with Gasteiger partial charge in [-0.15, -0.1) is 0 Å². The van der Waals surface area contributed by atoms with Crippen molar-refractivity contribution in [3.05, 3.63) is 206 Å². The van der Waals surface area contributed by atoms with Gasteiger partial charge in [-0.3, -0.25) is 0 Å². The van der Waals surface area contributed by atoms with Gasteiger partial charge in [0, 0.05) is 33.2 Å². The highest BCUT2D eigenvalue weighted by molar-refractivity contribution is 6.23.